The summed E-state index contributed by atoms with van der Waals surface area (Å²) >= 11 is 6.06. The molecule has 0 saturated heterocycles. The van der Waals surface area contributed by atoms with Gasteiger partial charge in [0.25, 0.3) is 0 Å². The molecule has 16 heavy (non-hydrogen) atoms. The molecule has 0 spiro atoms. The van der Waals surface area contributed by atoms with Crippen molar-refractivity contribution in [3.8, 4) is 0 Å². The molecule has 5 heteroatoms. The normalized spacial score (nSPS) is 15.2. The number of nitrogens with zero attached hydrogens (tertiary/aromatic N) is 2. The van der Waals surface area contributed by atoms with Gasteiger partial charge in [0, 0.05) is 18.1 Å². The smallest absolute Gasteiger partial charge is 0.208 e. The Morgan fingerprint density at radius 2 is 2.25 bits per heavy atom. The number of guanidine groups is 1. The topological polar surface area (TPSA) is 53.6 Å². The fraction of sp³-hybridized carbons (Fsp3) is 0.364. The summed E-state index contributed by atoms with van der Waals surface area (Å²) in [5.41, 5.74) is 1.00. The van der Waals surface area contributed by atoms with Crippen molar-refractivity contribution in [2.24, 2.45) is 10.8 Å². The van der Waals surface area contributed by atoms with Gasteiger partial charge in [-0.05, 0) is 18.1 Å². The van der Waals surface area contributed by atoms with Crippen molar-refractivity contribution in [1.82, 2.24) is 10.3 Å². The Morgan fingerprint density at radius 1 is 1.44 bits per heavy atom. The standard InChI is InChI=1S/C11H15ClN4/c12-10-5-2-1-4-9(10)8-16(13)11-14-6-3-7-15-11/h1-2,4-5H,3,6-8,13H2,(H,14,15). The van der Waals surface area contributed by atoms with Gasteiger partial charge < -0.3 is 5.32 Å². The monoisotopic (exact) mass is 238 g/mol. The van der Waals surface area contributed by atoms with Crippen molar-refractivity contribution in [3.63, 3.8) is 0 Å². The molecule has 0 atom stereocenters. The van der Waals surface area contributed by atoms with E-state index in [0.29, 0.717) is 6.54 Å². The molecule has 0 amide bonds. The van der Waals surface area contributed by atoms with Crippen LogP contribution in [0, 0.1) is 0 Å². The highest BCUT2D eigenvalue weighted by Gasteiger charge is 2.11. The Bertz CT molecular complexity index is 391. The summed E-state index contributed by atoms with van der Waals surface area (Å²) in [5.74, 6) is 6.67. The van der Waals surface area contributed by atoms with Crippen LogP contribution < -0.4 is 11.2 Å². The molecule has 0 radical (unpaired) electrons. The van der Waals surface area contributed by atoms with Gasteiger partial charge in [-0.15, -0.1) is 0 Å². The summed E-state index contributed by atoms with van der Waals surface area (Å²) in [5, 5.41) is 5.49. The van der Waals surface area contributed by atoms with Gasteiger partial charge in [0.2, 0.25) is 5.96 Å². The molecule has 0 unspecified atom stereocenters. The van der Waals surface area contributed by atoms with Crippen LogP contribution in [0.15, 0.2) is 29.3 Å². The van der Waals surface area contributed by atoms with Gasteiger partial charge in [0.05, 0.1) is 6.54 Å². The fourth-order valence-electron chi connectivity index (χ4n) is 1.60. The molecule has 0 aliphatic carbocycles. The van der Waals surface area contributed by atoms with E-state index in [-0.39, 0.29) is 0 Å². The maximum Gasteiger partial charge on any atom is 0.208 e. The van der Waals surface area contributed by atoms with Crippen molar-refractivity contribution < 1.29 is 0 Å². The van der Waals surface area contributed by atoms with Crippen LogP contribution in [0.25, 0.3) is 0 Å². The lowest BCUT2D eigenvalue weighted by atomic mass is 10.2. The zero-order valence-electron chi connectivity index (χ0n) is 8.99. The fourth-order valence-corrected chi connectivity index (χ4v) is 1.79. The van der Waals surface area contributed by atoms with E-state index in [1.807, 2.05) is 24.3 Å². The summed E-state index contributed by atoms with van der Waals surface area (Å²) in [6, 6.07) is 7.68. The molecule has 0 saturated carbocycles. The van der Waals surface area contributed by atoms with Crippen LogP contribution in [0.4, 0.5) is 0 Å². The van der Waals surface area contributed by atoms with E-state index in [9.17, 15) is 0 Å². The first kappa shape index (κ1) is 11.2. The van der Waals surface area contributed by atoms with Crippen molar-refractivity contribution in [2.75, 3.05) is 13.1 Å². The number of nitrogens with one attached hydrogen (secondary N) is 1. The molecule has 3 N–H and O–H groups in total. The molecule has 0 fully saturated rings. The first-order chi connectivity index (χ1) is 7.77. The molecule has 1 aromatic rings. The average molecular weight is 239 g/mol. The maximum absolute atomic E-state index is 6.06. The number of hydrogen-bond donors (Lipinski definition) is 2. The zero-order valence-corrected chi connectivity index (χ0v) is 9.74. The third kappa shape index (κ3) is 2.65. The average Bonchev–Trinajstić information content (AvgIpc) is 2.33. The zero-order chi connectivity index (χ0) is 11.4. The number of benzene rings is 1. The molecule has 86 valence electrons. The van der Waals surface area contributed by atoms with Gasteiger partial charge in [-0.3, -0.25) is 10.0 Å². The minimum atomic E-state index is 0.561. The highest BCUT2D eigenvalue weighted by molar-refractivity contribution is 6.31. The number of hydrogen-bond acceptors (Lipinski definition) is 4. The predicted octanol–water partition coefficient (Wildman–Crippen LogP) is 1.36. The molecule has 2 rings (SSSR count). The molecule has 0 bridgehead atoms. The highest BCUT2D eigenvalue weighted by atomic mass is 35.5. The first-order valence-corrected chi connectivity index (χ1v) is 5.69. The van der Waals surface area contributed by atoms with E-state index in [0.717, 1.165) is 36.1 Å². The van der Waals surface area contributed by atoms with Gasteiger partial charge in [0.15, 0.2) is 0 Å². The number of aliphatic imine (C=N–C) groups is 1. The number of halogens is 1. The summed E-state index contributed by atoms with van der Waals surface area (Å²) in [6.07, 6.45) is 1.06. The third-order valence-electron chi connectivity index (χ3n) is 2.45. The van der Waals surface area contributed by atoms with E-state index in [2.05, 4.69) is 10.3 Å². The van der Waals surface area contributed by atoms with Gasteiger partial charge in [-0.1, -0.05) is 29.8 Å². The van der Waals surface area contributed by atoms with Crippen molar-refractivity contribution >= 4 is 17.6 Å². The lowest BCUT2D eigenvalue weighted by Gasteiger charge is -2.24. The Labute approximate surface area is 100 Å². The van der Waals surface area contributed by atoms with Crippen LogP contribution in [0.2, 0.25) is 5.02 Å². The minimum Gasteiger partial charge on any atom is -0.355 e. The van der Waals surface area contributed by atoms with E-state index in [4.69, 9.17) is 17.4 Å². The van der Waals surface area contributed by atoms with Gasteiger partial charge in [0.1, 0.15) is 0 Å². The Balaban J connectivity index is 2.04. The van der Waals surface area contributed by atoms with Crippen molar-refractivity contribution in [2.45, 2.75) is 13.0 Å². The van der Waals surface area contributed by atoms with Crippen LogP contribution in [-0.4, -0.2) is 24.1 Å². The molecular weight excluding hydrogens is 224 g/mol. The van der Waals surface area contributed by atoms with E-state index in [1.54, 1.807) is 5.01 Å². The number of hydrazine groups is 1. The van der Waals surface area contributed by atoms with Crippen LogP contribution in [0.3, 0.4) is 0 Å². The second-order valence-corrected chi connectivity index (χ2v) is 4.11. The third-order valence-corrected chi connectivity index (χ3v) is 2.82. The Hall–Kier alpha value is -1.26. The minimum absolute atomic E-state index is 0.561. The van der Waals surface area contributed by atoms with Gasteiger partial charge >= 0.3 is 0 Å². The Kier molecular flexibility index (Phi) is 3.64. The lowest BCUT2D eigenvalue weighted by Crippen LogP contribution is -2.47. The van der Waals surface area contributed by atoms with Gasteiger partial charge in [-0.25, -0.2) is 5.84 Å². The summed E-state index contributed by atoms with van der Waals surface area (Å²) in [4.78, 5) is 4.32. The first-order valence-electron chi connectivity index (χ1n) is 5.31. The van der Waals surface area contributed by atoms with Crippen LogP contribution >= 0.6 is 11.6 Å². The second-order valence-electron chi connectivity index (χ2n) is 3.70. The molecule has 1 heterocycles. The summed E-state index contributed by atoms with van der Waals surface area (Å²) in [7, 11) is 0. The van der Waals surface area contributed by atoms with Crippen molar-refractivity contribution in [1.29, 1.82) is 0 Å². The molecule has 1 aliphatic heterocycles. The number of rotatable bonds is 2. The van der Waals surface area contributed by atoms with Crippen molar-refractivity contribution in [3.05, 3.63) is 34.9 Å². The largest absolute Gasteiger partial charge is 0.355 e. The van der Waals surface area contributed by atoms with E-state index in [1.165, 1.54) is 0 Å². The molecule has 4 nitrogen and oxygen atoms in total. The predicted molar refractivity (Wildman–Crippen MR) is 66.1 cm³/mol. The quantitative estimate of drug-likeness (QED) is 0.604. The second kappa shape index (κ2) is 5.18. The summed E-state index contributed by atoms with van der Waals surface area (Å²) < 4.78 is 0. The molecule has 0 aromatic heterocycles. The summed E-state index contributed by atoms with van der Waals surface area (Å²) in [6.45, 7) is 2.32. The maximum atomic E-state index is 6.06. The SMILES string of the molecule is NN(Cc1ccccc1Cl)C1=NCCCN1. The highest BCUT2D eigenvalue weighted by Crippen LogP contribution is 2.16. The molecule has 1 aliphatic rings. The Morgan fingerprint density at radius 3 is 2.94 bits per heavy atom. The van der Waals surface area contributed by atoms with E-state index >= 15 is 0 Å². The molecular formula is C11H15ClN4. The van der Waals surface area contributed by atoms with Crippen LogP contribution in [0.1, 0.15) is 12.0 Å². The number of nitrogens with two attached hydrogens (primary N) is 1. The van der Waals surface area contributed by atoms with Crippen LogP contribution in [-0.2, 0) is 6.54 Å². The van der Waals surface area contributed by atoms with Crippen LogP contribution in [0.5, 0.6) is 0 Å². The molecule has 1 aromatic carbocycles. The lowest BCUT2D eigenvalue weighted by molar-refractivity contribution is 0.407. The van der Waals surface area contributed by atoms with E-state index < -0.39 is 0 Å². The van der Waals surface area contributed by atoms with Gasteiger partial charge in [-0.2, -0.15) is 0 Å².